The first-order valence-electron chi connectivity index (χ1n) is 11.7. The molecule has 0 bridgehead atoms. The summed E-state index contributed by atoms with van der Waals surface area (Å²) in [5.41, 5.74) is -6.63. The van der Waals surface area contributed by atoms with Crippen molar-refractivity contribution in [1.29, 1.82) is 0 Å². The molecule has 0 aliphatic heterocycles. The van der Waals surface area contributed by atoms with Crippen molar-refractivity contribution in [2.45, 2.75) is 70.8 Å². The van der Waals surface area contributed by atoms with E-state index < -0.39 is 78.6 Å². The molecule has 3 saturated carbocycles. The molecule has 0 aromatic carbocycles. The summed E-state index contributed by atoms with van der Waals surface area (Å²) in [6.45, 7) is 5.29. The zero-order valence-corrected chi connectivity index (χ0v) is 21.0. The number of ether oxygens (including phenoxy) is 1. The van der Waals surface area contributed by atoms with E-state index in [9.17, 15) is 33.8 Å². The lowest BCUT2D eigenvalue weighted by Gasteiger charge is -2.63. The number of fused-ring (bicyclic) bond motifs is 5. The molecule has 1 unspecified atom stereocenters. The van der Waals surface area contributed by atoms with E-state index in [-0.39, 0.29) is 18.6 Å². The van der Waals surface area contributed by atoms with Crippen LogP contribution in [-0.4, -0.2) is 51.5 Å². The number of alkyl halides is 1. The Hall–Kier alpha value is -1.71. The van der Waals surface area contributed by atoms with Crippen LogP contribution >= 0.6 is 7.82 Å². The number of ketones is 2. The Balaban J connectivity index is 1.85. The fourth-order valence-electron chi connectivity index (χ4n) is 7.66. The molecule has 4 aliphatic carbocycles. The van der Waals surface area contributed by atoms with Gasteiger partial charge in [0.15, 0.2) is 18.1 Å². The zero-order chi connectivity index (χ0) is 26.2. The lowest BCUT2D eigenvalue weighted by atomic mass is 9.44. The van der Waals surface area contributed by atoms with Gasteiger partial charge in [-0.05, 0) is 56.6 Å². The number of hydrogen-bond donors (Lipinski definition) is 2. The standard InChI is InChI=1S/C24H32FO9P/c1-13-9-18-17-6-5-15-10-16(27)7-8-21(15,3)23(17,25)20(34-35(30,31)32)11-22(18,4)24(13,29)19(28)12-33-14(2)26/h7-8,10,13,17-18,20,29H,5-6,9,11-12H2,1-4H3,(H2,30,31,32)/p-1/t13-,17+,18+,20+,21+,22+,23+,24+/m1/s1. The molecule has 4 rings (SSSR count). The fraction of sp³-hybridized carbons (Fsp3) is 0.708. The maximum absolute atomic E-state index is 17.6. The molecule has 0 aromatic heterocycles. The number of rotatable bonds is 5. The van der Waals surface area contributed by atoms with Gasteiger partial charge in [-0.1, -0.05) is 25.5 Å². The van der Waals surface area contributed by atoms with Crippen LogP contribution in [0.3, 0.4) is 0 Å². The van der Waals surface area contributed by atoms with Gasteiger partial charge >= 0.3 is 5.97 Å². The van der Waals surface area contributed by atoms with E-state index in [0.29, 0.717) is 12.0 Å². The summed E-state index contributed by atoms with van der Waals surface area (Å²) in [7, 11) is -5.44. The highest BCUT2D eigenvalue weighted by molar-refractivity contribution is 7.44. The molecule has 2 N–H and O–H groups in total. The van der Waals surface area contributed by atoms with Gasteiger partial charge in [-0.3, -0.25) is 18.9 Å². The van der Waals surface area contributed by atoms with E-state index in [2.05, 4.69) is 0 Å². The molecule has 0 aromatic rings. The third kappa shape index (κ3) is 3.63. The van der Waals surface area contributed by atoms with Crippen molar-refractivity contribution in [3.8, 4) is 0 Å². The van der Waals surface area contributed by atoms with Crippen LogP contribution in [0.4, 0.5) is 4.39 Å². The van der Waals surface area contributed by atoms with Crippen LogP contribution in [0.5, 0.6) is 0 Å². The number of phosphoric ester groups is 1. The van der Waals surface area contributed by atoms with E-state index in [1.54, 1.807) is 20.8 Å². The van der Waals surface area contributed by atoms with Crippen LogP contribution in [0.1, 0.15) is 53.4 Å². The summed E-state index contributed by atoms with van der Waals surface area (Å²) in [5.74, 6) is -3.80. The van der Waals surface area contributed by atoms with Crippen molar-refractivity contribution in [3.63, 3.8) is 0 Å². The van der Waals surface area contributed by atoms with Gasteiger partial charge in [0, 0.05) is 23.7 Å². The van der Waals surface area contributed by atoms with E-state index in [1.165, 1.54) is 18.2 Å². The number of Topliss-reactive ketones (excluding diaryl/α,β-unsaturated/α-hetero) is 1. The summed E-state index contributed by atoms with van der Waals surface area (Å²) in [6.07, 6.45) is 2.76. The van der Waals surface area contributed by atoms with Gasteiger partial charge in [0.2, 0.25) is 5.78 Å². The lowest BCUT2D eigenvalue weighted by molar-refractivity contribution is -0.255. The number of allylic oxidation sites excluding steroid dienone is 4. The van der Waals surface area contributed by atoms with Gasteiger partial charge in [-0.25, -0.2) is 4.39 Å². The Morgan fingerprint density at radius 3 is 2.57 bits per heavy atom. The lowest BCUT2D eigenvalue weighted by Crippen LogP contribution is -2.70. The SMILES string of the molecule is CC(=O)OCC(=O)[C@@]1(O)[C@H](C)C[C@H]2[C@@H]3CCC4=CC(=O)C=C[C@]4(C)[C@@]3(F)[C@@H](OP(=O)([O-])O)C[C@@]21C. The minimum Gasteiger partial charge on any atom is -0.756 e. The first-order valence-corrected chi connectivity index (χ1v) is 13.2. The first kappa shape index (κ1) is 26.4. The van der Waals surface area contributed by atoms with Gasteiger partial charge in [0.1, 0.15) is 11.7 Å². The minimum absolute atomic E-state index is 0.231. The normalized spacial score (nSPS) is 46.1. The van der Waals surface area contributed by atoms with Crippen LogP contribution in [0.25, 0.3) is 0 Å². The second kappa shape index (κ2) is 8.15. The van der Waals surface area contributed by atoms with Gasteiger partial charge in [0.05, 0.1) is 0 Å². The third-order valence-corrected chi connectivity index (χ3v) is 9.81. The molecule has 0 spiro atoms. The largest absolute Gasteiger partial charge is 0.756 e. The molecular formula is C24H31FO9P-. The quantitative estimate of drug-likeness (QED) is 0.415. The second-order valence-corrected chi connectivity index (χ2v) is 12.1. The monoisotopic (exact) mass is 513 g/mol. The molecule has 0 radical (unpaired) electrons. The molecule has 35 heavy (non-hydrogen) atoms. The summed E-state index contributed by atoms with van der Waals surface area (Å²) in [5, 5.41) is 11.8. The smallest absolute Gasteiger partial charge is 0.303 e. The highest BCUT2D eigenvalue weighted by atomic mass is 31.2. The Bertz CT molecular complexity index is 1080. The van der Waals surface area contributed by atoms with Crippen LogP contribution in [0.15, 0.2) is 23.8 Å². The summed E-state index contributed by atoms with van der Waals surface area (Å²) >= 11 is 0. The summed E-state index contributed by atoms with van der Waals surface area (Å²) in [6, 6.07) is 0. The Morgan fingerprint density at radius 2 is 1.97 bits per heavy atom. The Morgan fingerprint density at radius 1 is 1.31 bits per heavy atom. The zero-order valence-electron chi connectivity index (χ0n) is 20.2. The number of aliphatic hydroxyl groups is 1. The van der Waals surface area contributed by atoms with E-state index in [0.717, 1.165) is 6.92 Å². The van der Waals surface area contributed by atoms with Crippen molar-refractivity contribution in [3.05, 3.63) is 23.8 Å². The molecule has 4 aliphatic rings. The van der Waals surface area contributed by atoms with Crippen LogP contribution in [0, 0.1) is 28.6 Å². The molecule has 0 amide bonds. The van der Waals surface area contributed by atoms with E-state index >= 15 is 4.39 Å². The predicted octanol–water partition coefficient (Wildman–Crippen LogP) is 1.95. The maximum atomic E-state index is 17.6. The second-order valence-electron chi connectivity index (χ2n) is 10.9. The molecule has 9 atom stereocenters. The van der Waals surface area contributed by atoms with Crippen LogP contribution in [-0.2, 0) is 28.2 Å². The highest BCUT2D eigenvalue weighted by Gasteiger charge is 2.76. The topological polar surface area (TPSA) is 150 Å². The van der Waals surface area contributed by atoms with Gasteiger partial charge < -0.3 is 24.2 Å². The van der Waals surface area contributed by atoms with Gasteiger partial charge in [-0.15, -0.1) is 0 Å². The van der Waals surface area contributed by atoms with E-state index in [4.69, 9.17) is 9.26 Å². The van der Waals surface area contributed by atoms with Gasteiger partial charge in [0.25, 0.3) is 7.82 Å². The van der Waals surface area contributed by atoms with Crippen molar-refractivity contribution in [2.24, 2.45) is 28.6 Å². The number of halogens is 1. The fourth-order valence-corrected chi connectivity index (χ4v) is 8.21. The number of carbonyl (C=O) groups excluding carboxylic acids is 3. The van der Waals surface area contributed by atoms with Crippen LogP contribution < -0.4 is 4.89 Å². The summed E-state index contributed by atoms with van der Waals surface area (Å²) in [4.78, 5) is 58.0. The van der Waals surface area contributed by atoms with Crippen molar-refractivity contribution in [2.75, 3.05) is 6.61 Å². The molecule has 11 heteroatoms. The average molecular weight is 513 g/mol. The van der Waals surface area contributed by atoms with Gasteiger partial charge in [-0.2, -0.15) is 0 Å². The molecule has 0 heterocycles. The number of hydrogen-bond acceptors (Lipinski definition) is 8. The number of carbonyl (C=O) groups is 3. The Kier molecular flexibility index (Phi) is 6.14. The van der Waals surface area contributed by atoms with Crippen molar-refractivity contribution >= 4 is 25.4 Å². The van der Waals surface area contributed by atoms with E-state index in [1.807, 2.05) is 0 Å². The Labute approximate surface area is 203 Å². The average Bonchev–Trinajstić information content (AvgIpc) is 2.94. The predicted molar refractivity (Wildman–Crippen MR) is 118 cm³/mol. The maximum Gasteiger partial charge on any atom is 0.303 e. The molecule has 194 valence electrons. The number of esters is 1. The molecular weight excluding hydrogens is 482 g/mol. The van der Waals surface area contributed by atoms with Crippen molar-refractivity contribution in [1.82, 2.24) is 0 Å². The van der Waals surface area contributed by atoms with Crippen LogP contribution in [0.2, 0.25) is 0 Å². The van der Waals surface area contributed by atoms with Crippen molar-refractivity contribution < 1.29 is 47.5 Å². The highest BCUT2D eigenvalue weighted by Crippen LogP contribution is 2.72. The number of phosphoric acid groups is 1. The third-order valence-electron chi connectivity index (χ3n) is 9.29. The molecule has 3 fully saturated rings. The minimum atomic E-state index is -5.44. The molecule has 9 nitrogen and oxygen atoms in total. The first-order chi connectivity index (χ1) is 16.0. The molecule has 0 saturated heterocycles. The summed E-state index contributed by atoms with van der Waals surface area (Å²) < 4.78 is 39.3.